The predicted octanol–water partition coefficient (Wildman–Crippen LogP) is 2.78. The molecule has 0 saturated carbocycles. The lowest BCUT2D eigenvalue weighted by Gasteiger charge is -2.08. The molecule has 2 rings (SSSR count). The largest absolute Gasteiger partial charge is 0.378 e. The summed E-state index contributed by atoms with van der Waals surface area (Å²) in [6.45, 7) is 2.23. The maximum atomic E-state index is 13.4. The van der Waals surface area contributed by atoms with Crippen LogP contribution >= 0.6 is 0 Å². The number of anilines is 1. The first kappa shape index (κ1) is 13.4. The number of ether oxygens (including phenoxy) is 1. The van der Waals surface area contributed by atoms with Crippen LogP contribution in [0.3, 0.4) is 0 Å². The van der Waals surface area contributed by atoms with Crippen LogP contribution in [0, 0.1) is 12.7 Å². The molecular formula is C14H16FN3O. The molecule has 0 aliphatic heterocycles. The van der Waals surface area contributed by atoms with E-state index in [2.05, 4.69) is 15.3 Å². The van der Waals surface area contributed by atoms with Crippen LogP contribution in [0.25, 0.3) is 11.4 Å². The van der Waals surface area contributed by atoms with Gasteiger partial charge in [-0.25, -0.2) is 14.4 Å². The third-order valence-electron chi connectivity index (χ3n) is 2.63. The average Bonchev–Trinajstić information content (AvgIpc) is 2.37. The van der Waals surface area contributed by atoms with E-state index in [1.165, 1.54) is 12.1 Å². The van der Waals surface area contributed by atoms with E-state index in [-0.39, 0.29) is 5.82 Å². The molecule has 1 aromatic heterocycles. The molecule has 0 radical (unpaired) electrons. The molecule has 1 heterocycles. The molecule has 0 bridgehead atoms. The molecule has 2 aromatic rings. The Morgan fingerprint density at radius 3 is 2.63 bits per heavy atom. The minimum Gasteiger partial charge on any atom is -0.378 e. The third kappa shape index (κ3) is 3.26. The molecule has 5 heteroatoms. The summed E-state index contributed by atoms with van der Waals surface area (Å²) >= 11 is 0. The molecule has 100 valence electrons. The fourth-order valence-electron chi connectivity index (χ4n) is 1.84. The van der Waals surface area contributed by atoms with E-state index < -0.39 is 0 Å². The van der Waals surface area contributed by atoms with Crippen LogP contribution in [0.1, 0.15) is 11.3 Å². The number of nitrogens with one attached hydrogen (secondary N) is 1. The molecule has 1 aromatic carbocycles. The lowest BCUT2D eigenvalue weighted by Crippen LogP contribution is -2.02. The van der Waals surface area contributed by atoms with Crippen LogP contribution < -0.4 is 5.32 Å². The molecule has 0 fully saturated rings. The topological polar surface area (TPSA) is 47.0 Å². The highest BCUT2D eigenvalue weighted by Gasteiger charge is 2.08. The average molecular weight is 261 g/mol. The van der Waals surface area contributed by atoms with Crippen molar-refractivity contribution in [1.82, 2.24) is 9.97 Å². The molecule has 0 aliphatic rings. The van der Waals surface area contributed by atoms with Crippen molar-refractivity contribution in [2.24, 2.45) is 0 Å². The summed E-state index contributed by atoms with van der Waals surface area (Å²) in [5.41, 5.74) is 2.24. The molecule has 4 nitrogen and oxygen atoms in total. The minimum atomic E-state index is -0.290. The molecule has 0 spiro atoms. The first-order chi connectivity index (χ1) is 9.12. The van der Waals surface area contributed by atoms with Gasteiger partial charge in [0.25, 0.3) is 0 Å². The second-order valence-electron chi connectivity index (χ2n) is 4.27. The van der Waals surface area contributed by atoms with Gasteiger partial charge in [-0.1, -0.05) is 0 Å². The van der Waals surface area contributed by atoms with Crippen LogP contribution in [-0.2, 0) is 11.3 Å². The zero-order chi connectivity index (χ0) is 13.8. The lowest BCUT2D eigenvalue weighted by molar-refractivity contribution is 0.181. The summed E-state index contributed by atoms with van der Waals surface area (Å²) in [6.07, 6.45) is 0. The Bertz CT molecular complexity index is 567. The van der Waals surface area contributed by atoms with E-state index in [0.29, 0.717) is 23.8 Å². The van der Waals surface area contributed by atoms with Crippen LogP contribution in [0.4, 0.5) is 10.2 Å². The second kappa shape index (κ2) is 5.75. The van der Waals surface area contributed by atoms with Gasteiger partial charge in [0.1, 0.15) is 11.6 Å². The fraction of sp³-hybridized carbons (Fsp3) is 0.286. The maximum absolute atomic E-state index is 13.4. The van der Waals surface area contributed by atoms with Gasteiger partial charge in [0.2, 0.25) is 0 Å². The number of benzene rings is 1. The predicted molar refractivity (Wildman–Crippen MR) is 72.4 cm³/mol. The monoisotopic (exact) mass is 261 g/mol. The lowest BCUT2D eigenvalue weighted by atomic mass is 10.1. The third-order valence-corrected chi connectivity index (χ3v) is 2.63. The smallest absolute Gasteiger partial charge is 0.161 e. The van der Waals surface area contributed by atoms with E-state index in [1.54, 1.807) is 20.2 Å². The van der Waals surface area contributed by atoms with Gasteiger partial charge in [-0.05, 0) is 30.7 Å². The van der Waals surface area contributed by atoms with Gasteiger partial charge < -0.3 is 10.1 Å². The zero-order valence-corrected chi connectivity index (χ0v) is 11.2. The van der Waals surface area contributed by atoms with Crippen molar-refractivity contribution >= 4 is 5.82 Å². The number of hydrogen-bond acceptors (Lipinski definition) is 4. The molecule has 0 atom stereocenters. The number of aryl methyl sites for hydroxylation is 1. The van der Waals surface area contributed by atoms with Crippen LogP contribution in [0.2, 0.25) is 0 Å². The first-order valence-electron chi connectivity index (χ1n) is 5.94. The second-order valence-corrected chi connectivity index (χ2v) is 4.27. The van der Waals surface area contributed by atoms with Gasteiger partial charge in [-0.15, -0.1) is 0 Å². The standard InChI is InChI=1S/C14H16FN3O/c1-9-4-10(6-11(15)5-9)14-17-12(8-19-3)7-13(16-2)18-14/h4-7H,8H2,1-3H3,(H,16,17,18). The number of hydrogen-bond donors (Lipinski definition) is 1. The number of nitrogens with zero attached hydrogens (tertiary/aromatic N) is 2. The Morgan fingerprint density at radius 1 is 1.21 bits per heavy atom. The Labute approximate surface area is 111 Å². The molecule has 0 saturated heterocycles. The summed E-state index contributed by atoms with van der Waals surface area (Å²) in [5, 5.41) is 2.96. The van der Waals surface area contributed by atoms with Crippen LogP contribution in [0.5, 0.6) is 0 Å². The molecule has 0 amide bonds. The van der Waals surface area contributed by atoms with Crippen molar-refractivity contribution < 1.29 is 9.13 Å². The Hall–Kier alpha value is -2.01. The van der Waals surface area contributed by atoms with E-state index in [9.17, 15) is 4.39 Å². The van der Waals surface area contributed by atoms with Gasteiger partial charge in [0, 0.05) is 25.8 Å². The first-order valence-corrected chi connectivity index (χ1v) is 5.94. The zero-order valence-electron chi connectivity index (χ0n) is 11.2. The van der Waals surface area contributed by atoms with Crippen molar-refractivity contribution in [3.05, 3.63) is 41.3 Å². The number of aromatic nitrogens is 2. The summed E-state index contributed by atoms with van der Waals surface area (Å²) < 4.78 is 18.5. The Morgan fingerprint density at radius 2 is 2.00 bits per heavy atom. The van der Waals surface area contributed by atoms with Crippen molar-refractivity contribution in [3.63, 3.8) is 0 Å². The van der Waals surface area contributed by atoms with E-state index in [4.69, 9.17) is 4.74 Å². The number of rotatable bonds is 4. The Kier molecular flexibility index (Phi) is 4.06. The molecule has 1 N–H and O–H groups in total. The summed E-state index contributed by atoms with van der Waals surface area (Å²) in [6, 6.07) is 6.56. The fourth-order valence-corrected chi connectivity index (χ4v) is 1.84. The highest BCUT2D eigenvalue weighted by atomic mass is 19.1. The minimum absolute atomic E-state index is 0.290. The van der Waals surface area contributed by atoms with Crippen LogP contribution in [0.15, 0.2) is 24.3 Å². The van der Waals surface area contributed by atoms with E-state index in [0.717, 1.165) is 11.3 Å². The highest BCUT2D eigenvalue weighted by Crippen LogP contribution is 2.20. The molecular weight excluding hydrogens is 245 g/mol. The number of halogens is 1. The number of methoxy groups -OCH3 is 1. The summed E-state index contributed by atoms with van der Waals surface area (Å²) in [5.74, 6) is 0.877. The van der Waals surface area contributed by atoms with Gasteiger partial charge in [-0.3, -0.25) is 0 Å². The van der Waals surface area contributed by atoms with Gasteiger partial charge in [-0.2, -0.15) is 0 Å². The van der Waals surface area contributed by atoms with Crippen LogP contribution in [-0.4, -0.2) is 24.1 Å². The van der Waals surface area contributed by atoms with Gasteiger partial charge in [0.15, 0.2) is 5.82 Å². The van der Waals surface area contributed by atoms with Crippen molar-refractivity contribution in [2.45, 2.75) is 13.5 Å². The molecule has 0 unspecified atom stereocenters. The SMILES string of the molecule is CNc1cc(COC)nc(-c2cc(C)cc(F)c2)n1. The highest BCUT2D eigenvalue weighted by molar-refractivity contribution is 5.58. The Balaban J connectivity index is 2.50. The molecule has 0 aliphatic carbocycles. The van der Waals surface area contributed by atoms with Crippen molar-refractivity contribution in [2.75, 3.05) is 19.5 Å². The van der Waals surface area contributed by atoms with E-state index in [1.807, 2.05) is 13.0 Å². The normalized spacial score (nSPS) is 10.5. The maximum Gasteiger partial charge on any atom is 0.161 e. The van der Waals surface area contributed by atoms with E-state index >= 15 is 0 Å². The van der Waals surface area contributed by atoms with Crippen molar-refractivity contribution in [1.29, 1.82) is 0 Å². The van der Waals surface area contributed by atoms with Crippen molar-refractivity contribution in [3.8, 4) is 11.4 Å². The van der Waals surface area contributed by atoms with Gasteiger partial charge in [0.05, 0.1) is 12.3 Å². The summed E-state index contributed by atoms with van der Waals surface area (Å²) in [4.78, 5) is 8.72. The van der Waals surface area contributed by atoms with Gasteiger partial charge >= 0.3 is 0 Å². The quantitative estimate of drug-likeness (QED) is 0.919. The summed E-state index contributed by atoms with van der Waals surface area (Å²) in [7, 11) is 3.38. The molecule has 19 heavy (non-hydrogen) atoms.